The Kier molecular flexibility index (Phi) is 4.03. The Balaban J connectivity index is 1.51. The summed E-state index contributed by atoms with van der Waals surface area (Å²) < 4.78 is 5.56. The molecule has 24 heavy (non-hydrogen) atoms. The maximum Gasteiger partial charge on any atom is 0.251 e. The van der Waals surface area contributed by atoms with Crippen molar-refractivity contribution in [3.8, 4) is 11.8 Å². The molecule has 124 valence electrons. The van der Waals surface area contributed by atoms with Crippen molar-refractivity contribution in [1.82, 2.24) is 10.2 Å². The normalized spacial score (nSPS) is 25.8. The molecule has 1 aromatic heterocycles. The third kappa shape index (κ3) is 2.92. The van der Waals surface area contributed by atoms with Crippen molar-refractivity contribution in [2.75, 3.05) is 19.6 Å². The van der Waals surface area contributed by atoms with Crippen molar-refractivity contribution in [3.63, 3.8) is 0 Å². The molecule has 1 aromatic carbocycles. The van der Waals surface area contributed by atoms with Crippen LogP contribution in [0.1, 0.15) is 42.1 Å². The number of nitrogens with zero attached hydrogens (tertiary/aromatic N) is 1. The topological polar surface area (TPSA) is 45.5 Å². The van der Waals surface area contributed by atoms with Crippen molar-refractivity contribution in [1.29, 1.82) is 0 Å². The highest BCUT2D eigenvalue weighted by Crippen LogP contribution is 2.27. The Bertz CT molecular complexity index is 805. The number of rotatable bonds is 2. The predicted molar refractivity (Wildman–Crippen MR) is 93.8 cm³/mol. The molecular formula is C20H22N2O2. The zero-order chi connectivity index (χ0) is 16.5. The van der Waals surface area contributed by atoms with E-state index in [0.717, 1.165) is 29.8 Å². The molecule has 3 fully saturated rings. The molecule has 0 unspecified atom stereocenters. The van der Waals surface area contributed by atoms with Crippen LogP contribution in [0.3, 0.4) is 0 Å². The van der Waals surface area contributed by atoms with E-state index < -0.39 is 0 Å². The summed E-state index contributed by atoms with van der Waals surface area (Å²) in [5.74, 6) is 6.65. The van der Waals surface area contributed by atoms with Crippen molar-refractivity contribution in [2.45, 2.75) is 32.2 Å². The number of hydrogen-bond acceptors (Lipinski definition) is 3. The van der Waals surface area contributed by atoms with Crippen LogP contribution in [0.2, 0.25) is 0 Å². The standard InChI is InChI=1S/C20H22N2O2/c1-2-3-16-13-24-19-11-15(4-5-18(16)19)20(23)21-17-10-14-6-8-22(12-17)9-7-14/h4-5,11,13-14,17H,6-10,12H2,1H3,(H,21,23)/t17-/m1/s1. The van der Waals surface area contributed by atoms with Gasteiger partial charge in [-0.3, -0.25) is 4.79 Å². The molecule has 0 aliphatic carbocycles. The molecular weight excluding hydrogens is 300 g/mol. The molecule has 4 nitrogen and oxygen atoms in total. The number of furan rings is 1. The van der Waals surface area contributed by atoms with Crippen molar-refractivity contribution >= 4 is 16.9 Å². The van der Waals surface area contributed by atoms with Crippen LogP contribution in [-0.2, 0) is 0 Å². The summed E-state index contributed by atoms with van der Waals surface area (Å²) in [4.78, 5) is 15.1. The fraction of sp³-hybridized carbons (Fsp3) is 0.450. The highest BCUT2D eigenvalue weighted by Gasteiger charge is 2.30. The minimum absolute atomic E-state index is 0.0103. The van der Waals surface area contributed by atoms with Gasteiger partial charge in [0.25, 0.3) is 5.91 Å². The molecule has 2 aromatic rings. The molecule has 4 heteroatoms. The van der Waals surface area contributed by atoms with Crippen LogP contribution in [0.15, 0.2) is 28.9 Å². The number of fused-ring (bicyclic) bond motifs is 5. The van der Waals surface area contributed by atoms with Crippen LogP contribution in [0.4, 0.5) is 0 Å². The number of benzene rings is 1. The van der Waals surface area contributed by atoms with Gasteiger partial charge in [-0.1, -0.05) is 5.92 Å². The van der Waals surface area contributed by atoms with Crippen molar-refractivity contribution < 1.29 is 9.21 Å². The van der Waals surface area contributed by atoms with E-state index in [1.54, 1.807) is 13.2 Å². The number of piperidine rings is 1. The largest absolute Gasteiger partial charge is 0.463 e. The fourth-order valence-electron chi connectivity index (χ4n) is 3.97. The number of hydrogen-bond donors (Lipinski definition) is 1. The first-order valence-corrected chi connectivity index (χ1v) is 8.70. The van der Waals surface area contributed by atoms with E-state index in [2.05, 4.69) is 22.1 Å². The van der Waals surface area contributed by atoms with Gasteiger partial charge in [-0.05, 0) is 63.4 Å². The Labute approximate surface area is 142 Å². The lowest BCUT2D eigenvalue weighted by Crippen LogP contribution is -2.41. The Morgan fingerprint density at radius 1 is 1.33 bits per heavy atom. The summed E-state index contributed by atoms with van der Waals surface area (Å²) in [5, 5.41) is 4.18. The van der Waals surface area contributed by atoms with Crippen LogP contribution in [-0.4, -0.2) is 36.5 Å². The molecule has 5 rings (SSSR count). The zero-order valence-electron chi connectivity index (χ0n) is 14.0. The van der Waals surface area contributed by atoms with E-state index in [1.807, 2.05) is 18.2 Å². The smallest absolute Gasteiger partial charge is 0.251 e. The van der Waals surface area contributed by atoms with Gasteiger partial charge in [0.05, 0.1) is 5.56 Å². The first-order chi connectivity index (χ1) is 11.7. The monoisotopic (exact) mass is 322 g/mol. The van der Waals surface area contributed by atoms with E-state index in [-0.39, 0.29) is 11.9 Å². The summed E-state index contributed by atoms with van der Waals surface area (Å²) in [6.07, 6.45) is 5.29. The summed E-state index contributed by atoms with van der Waals surface area (Å²) in [6, 6.07) is 5.85. The molecule has 1 N–H and O–H groups in total. The lowest BCUT2D eigenvalue weighted by molar-refractivity contribution is 0.0929. The van der Waals surface area contributed by atoms with Gasteiger partial charge in [-0.25, -0.2) is 0 Å². The number of nitrogens with one attached hydrogen (secondary N) is 1. The SMILES string of the molecule is CC#Cc1coc2cc(C(=O)N[C@@H]3CC4CCN(CC4)C3)ccc12. The number of carbonyl (C=O) groups is 1. The lowest BCUT2D eigenvalue weighted by atomic mass is 9.94. The summed E-state index contributed by atoms with van der Waals surface area (Å²) >= 11 is 0. The van der Waals surface area contributed by atoms with Crippen LogP contribution < -0.4 is 5.32 Å². The second kappa shape index (κ2) is 6.33. The first kappa shape index (κ1) is 15.3. The first-order valence-electron chi connectivity index (χ1n) is 8.70. The summed E-state index contributed by atoms with van der Waals surface area (Å²) in [5.41, 5.74) is 2.23. The third-order valence-electron chi connectivity index (χ3n) is 5.24. The van der Waals surface area contributed by atoms with E-state index in [0.29, 0.717) is 11.1 Å². The van der Waals surface area contributed by atoms with Gasteiger partial charge in [-0.2, -0.15) is 0 Å². The minimum Gasteiger partial charge on any atom is -0.463 e. The van der Waals surface area contributed by atoms with Crippen LogP contribution in [0, 0.1) is 17.8 Å². The zero-order valence-corrected chi connectivity index (χ0v) is 14.0. The lowest BCUT2D eigenvalue weighted by Gasteiger charge is -2.26. The van der Waals surface area contributed by atoms with Gasteiger partial charge in [-0.15, -0.1) is 5.92 Å². The number of carbonyl (C=O) groups excluding carboxylic acids is 1. The predicted octanol–water partition coefficient (Wildman–Crippen LogP) is 3.02. The van der Waals surface area contributed by atoms with Gasteiger partial charge < -0.3 is 14.6 Å². The number of amides is 1. The molecule has 0 spiro atoms. The average Bonchev–Trinajstić information content (AvgIpc) is 2.76. The average molecular weight is 322 g/mol. The second-order valence-corrected chi connectivity index (χ2v) is 6.89. The van der Waals surface area contributed by atoms with Crippen LogP contribution in [0.25, 0.3) is 11.0 Å². The maximum absolute atomic E-state index is 12.6. The van der Waals surface area contributed by atoms with Gasteiger partial charge in [0.2, 0.25) is 0 Å². The summed E-state index contributed by atoms with van der Waals surface area (Å²) in [6.45, 7) is 5.13. The van der Waals surface area contributed by atoms with Gasteiger partial charge in [0, 0.05) is 23.5 Å². The molecule has 3 saturated heterocycles. The minimum atomic E-state index is -0.0103. The highest BCUT2D eigenvalue weighted by molar-refractivity contribution is 5.98. The van der Waals surface area contributed by atoms with E-state index in [9.17, 15) is 4.79 Å². The molecule has 2 bridgehead atoms. The van der Waals surface area contributed by atoms with Gasteiger partial charge in [0.1, 0.15) is 11.8 Å². The van der Waals surface area contributed by atoms with E-state index in [1.165, 1.54) is 25.9 Å². The third-order valence-corrected chi connectivity index (χ3v) is 5.24. The van der Waals surface area contributed by atoms with Crippen LogP contribution in [0.5, 0.6) is 0 Å². The molecule has 1 amide bonds. The molecule has 0 radical (unpaired) electrons. The van der Waals surface area contributed by atoms with Crippen LogP contribution >= 0.6 is 0 Å². The fourth-order valence-corrected chi connectivity index (χ4v) is 3.97. The van der Waals surface area contributed by atoms with E-state index >= 15 is 0 Å². The Hall–Kier alpha value is -2.25. The molecule has 1 atom stereocenters. The van der Waals surface area contributed by atoms with Crippen molar-refractivity contribution in [3.05, 3.63) is 35.6 Å². The molecule has 0 saturated carbocycles. The molecule has 4 heterocycles. The quantitative estimate of drug-likeness (QED) is 0.865. The summed E-state index contributed by atoms with van der Waals surface area (Å²) in [7, 11) is 0. The molecule has 3 aliphatic rings. The Morgan fingerprint density at radius 2 is 2.17 bits per heavy atom. The maximum atomic E-state index is 12.6. The Morgan fingerprint density at radius 3 is 2.96 bits per heavy atom. The molecule has 3 aliphatic heterocycles. The van der Waals surface area contributed by atoms with Gasteiger partial charge >= 0.3 is 0 Å². The van der Waals surface area contributed by atoms with E-state index in [4.69, 9.17) is 4.42 Å². The van der Waals surface area contributed by atoms with Gasteiger partial charge in [0.15, 0.2) is 0 Å². The second-order valence-electron chi connectivity index (χ2n) is 6.89. The highest BCUT2D eigenvalue weighted by atomic mass is 16.3. The van der Waals surface area contributed by atoms with Crippen molar-refractivity contribution in [2.24, 2.45) is 5.92 Å².